The van der Waals surface area contributed by atoms with Crippen LogP contribution in [0.1, 0.15) is 34.9 Å². The monoisotopic (exact) mass is 324 g/mol. The van der Waals surface area contributed by atoms with Crippen LogP contribution >= 0.6 is 0 Å². The third kappa shape index (κ3) is 2.94. The molecule has 2 unspecified atom stereocenters. The lowest BCUT2D eigenvalue weighted by Gasteiger charge is -2.17. The van der Waals surface area contributed by atoms with Gasteiger partial charge in [0.1, 0.15) is 0 Å². The maximum absolute atomic E-state index is 12.7. The van der Waals surface area contributed by atoms with E-state index in [1.807, 2.05) is 30.3 Å². The summed E-state index contributed by atoms with van der Waals surface area (Å²) in [5, 5.41) is 3.09. The van der Waals surface area contributed by atoms with Crippen molar-refractivity contribution < 1.29 is 14.0 Å². The topological polar surface area (TPSA) is 62.6 Å². The maximum atomic E-state index is 12.7. The van der Waals surface area contributed by atoms with Crippen molar-refractivity contribution >= 4 is 11.8 Å². The molecule has 24 heavy (non-hydrogen) atoms. The SMILES string of the molecule is O=C(NC1CC1)C1CN(C(=O)c2ccco2)CC1c1ccccc1. The number of amides is 2. The average molecular weight is 324 g/mol. The Hall–Kier alpha value is -2.56. The predicted octanol–water partition coefficient (Wildman–Crippen LogP) is 2.41. The molecular weight excluding hydrogens is 304 g/mol. The number of furan rings is 1. The summed E-state index contributed by atoms with van der Waals surface area (Å²) in [4.78, 5) is 27.0. The molecule has 2 aromatic rings. The lowest BCUT2D eigenvalue weighted by molar-refractivity contribution is -0.125. The molecular formula is C19H20N2O3. The second-order valence-electron chi connectivity index (χ2n) is 6.59. The van der Waals surface area contributed by atoms with Crippen LogP contribution < -0.4 is 5.32 Å². The van der Waals surface area contributed by atoms with Gasteiger partial charge in [-0.2, -0.15) is 0 Å². The van der Waals surface area contributed by atoms with E-state index < -0.39 is 0 Å². The second-order valence-corrected chi connectivity index (χ2v) is 6.59. The lowest BCUT2D eigenvalue weighted by Crippen LogP contribution is -2.36. The van der Waals surface area contributed by atoms with E-state index in [1.54, 1.807) is 17.0 Å². The molecule has 124 valence electrons. The minimum atomic E-state index is -0.216. The van der Waals surface area contributed by atoms with Gasteiger partial charge >= 0.3 is 0 Å². The molecule has 1 aromatic carbocycles. The molecule has 1 saturated carbocycles. The maximum Gasteiger partial charge on any atom is 0.289 e. The molecule has 2 amide bonds. The first kappa shape index (κ1) is 15.0. The molecule has 4 rings (SSSR count). The van der Waals surface area contributed by atoms with Gasteiger partial charge in [-0.15, -0.1) is 0 Å². The fourth-order valence-corrected chi connectivity index (χ4v) is 3.37. The molecule has 1 aliphatic carbocycles. The molecule has 0 bridgehead atoms. The molecule has 2 aliphatic rings. The van der Waals surface area contributed by atoms with E-state index in [4.69, 9.17) is 4.42 Å². The Bertz CT molecular complexity index is 722. The van der Waals surface area contributed by atoms with Gasteiger partial charge in [0.25, 0.3) is 5.91 Å². The number of carbonyl (C=O) groups excluding carboxylic acids is 2. The third-order valence-corrected chi connectivity index (χ3v) is 4.83. The Morgan fingerprint density at radius 1 is 1.04 bits per heavy atom. The van der Waals surface area contributed by atoms with Crippen molar-refractivity contribution in [2.75, 3.05) is 13.1 Å². The summed E-state index contributed by atoms with van der Waals surface area (Å²) in [6.07, 6.45) is 3.61. The molecule has 2 fully saturated rings. The number of carbonyl (C=O) groups is 2. The van der Waals surface area contributed by atoms with Crippen LogP contribution in [-0.4, -0.2) is 35.8 Å². The fraction of sp³-hybridized carbons (Fsp3) is 0.368. The van der Waals surface area contributed by atoms with E-state index in [2.05, 4.69) is 5.32 Å². The lowest BCUT2D eigenvalue weighted by atomic mass is 9.88. The highest BCUT2D eigenvalue weighted by Gasteiger charge is 2.42. The second kappa shape index (κ2) is 6.15. The Labute approximate surface area is 140 Å². The van der Waals surface area contributed by atoms with Crippen molar-refractivity contribution in [2.24, 2.45) is 5.92 Å². The highest BCUT2D eigenvalue weighted by Crippen LogP contribution is 2.34. The van der Waals surface area contributed by atoms with Gasteiger partial charge in [0, 0.05) is 25.0 Å². The quantitative estimate of drug-likeness (QED) is 0.939. The first-order valence-corrected chi connectivity index (χ1v) is 8.40. The van der Waals surface area contributed by atoms with Gasteiger partial charge in [-0.05, 0) is 30.5 Å². The zero-order valence-corrected chi connectivity index (χ0v) is 13.4. The van der Waals surface area contributed by atoms with E-state index in [0.29, 0.717) is 24.9 Å². The summed E-state index contributed by atoms with van der Waals surface area (Å²) < 4.78 is 5.23. The first-order chi connectivity index (χ1) is 11.7. The van der Waals surface area contributed by atoms with Gasteiger partial charge < -0.3 is 14.6 Å². The zero-order chi connectivity index (χ0) is 16.5. The van der Waals surface area contributed by atoms with Crippen LogP contribution in [0, 0.1) is 5.92 Å². The minimum absolute atomic E-state index is 0.0175. The minimum Gasteiger partial charge on any atom is -0.459 e. The fourth-order valence-electron chi connectivity index (χ4n) is 3.37. The van der Waals surface area contributed by atoms with Crippen LogP contribution in [0.15, 0.2) is 53.1 Å². The van der Waals surface area contributed by atoms with Crippen LogP contribution in [0.25, 0.3) is 0 Å². The van der Waals surface area contributed by atoms with Crippen LogP contribution in [0.5, 0.6) is 0 Å². The van der Waals surface area contributed by atoms with Crippen molar-refractivity contribution in [3.8, 4) is 0 Å². The zero-order valence-electron chi connectivity index (χ0n) is 13.4. The van der Waals surface area contributed by atoms with Gasteiger partial charge in [0.15, 0.2) is 5.76 Å². The summed E-state index contributed by atoms with van der Waals surface area (Å²) in [5.41, 5.74) is 1.10. The number of hydrogen-bond acceptors (Lipinski definition) is 3. The normalized spacial score (nSPS) is 23.2. The Kier molecular flexibility index (Phi) is 3.84. The molecule has 1 N–H and O–H groups in total. The van der Waals surface area contributed by atoms with Gasteiger partial charge in [-0.25, -0.2) is 0 Å². The largest absolute Gasteiger partial charge is 0.459 e. The summed E-state index contributed by atoms with van der Waals surface area (Å²) in [6.45, 7) is 0.962. The van der Waals surface area contributed by atoms with Crippen LogP contribution in [0.4, 0.5) is 0 Å². The number of rotatable bonds is 4. The summed E-state index contributed by atoms with van der Waals surface area (Å²) in [7, 11) is 0. The Balaban J connectivity index is 1.57. The van der Waals surface area contributed by atoms with Crippen molar-refractivity contribution in [1.29, 1.82) is 0 Å². The van der Waals surface area contributed by atoms with Gasteiger partial charge in [-0.3, -0.25) is 9.59 Å². The number of nitrogens with one attached hydrogen (secondary N) is 1. The van der Waals surface area contributed by atoms with Crippen LogP contribution in [0.3, 0.4) is 0 Å². The highest BCUT2D eigenvalue weighted by atomic mass is 16.3. The van der Waals surface area contributed by atoms with Crippen molar-refractivity contribution in [1.82, 2.24) is 10.2 Å². The highest BCUT2D eigenvalue weighted by molar-refractivity contribution is 5.92. The van der Waals surface area contributed by atoms with Gasteiger partial charge in [0.05, 0.1) is 12.2 Å². The van der Waals surface area contributed by atoms with E-state index >= 15 is 0 Å². The summed E-state index contributed by atoms with van der Waals surface area (Å²) >= 11 is 0. The molecule has 1 aromatic heterocycles. The number of benzene rings is 1. The molecule has 0 radical (unpaired) electrons. The summed E-state index contributed by atoms with van der Waals surface area (Å²) in [6, 6.07) is 13.7. The molecule has 5 nitrogen and oxygen atoms in total. The van der Waals surface area contributed by atoms with Gasteiger partial charge in [-0.1, -0.05) is 30.3 Å². The number of likely N-dealkylation sites (tertiary alicyclic amines) is 1. The number of hydrogen-bond donors (Lipinski definition) is 1. The Morgan fingerprint density at radius 3 is 2.50 bits per heavy atom. The van der Waals surface area contributed by atoms with Crippen LogP contribution in [-0.2, 0) is 4.79 Å². The van der Waals surface area contributed by atoms with E-state index in [1.165, 1.54) is 6.26 Å². The molecule has 1 saturated heterocycles. The van der Waals surface area contributed by atoms with Crippen molar-refractivity contribution in [3.05, 3.63) is 60.1 Å². The average Bonchev–Trinajstić information content (AvgIpc) is 3.11. The van der Waals surface area contributed by atoms with Crippen molar-refractivity contribution in [2.45, 2.75) is 24.8 Å². The molecule has 2 atom stereocenters. The molecule has 2 heterocycles. The summed E-state index contributed by atoms with van der Waals surface area (Å²) in [5.74, 6) is 0.0320. The van der Waals surface area contributed by atoms with Crippen molar-refractivity contribution in [3.63, 3.8) is 0 Å². The standard InChI is InChI=1S/C19H20N2O3/c22-18(20-14-8-9-14)16-12-21(19(23)17-7-4-10-24-17)11-15(16)13-5-2-1-3-6-13/h1-7,10,14-16H,8-9,11-12H2,(H,20,22). The smallest absolute Gasteiger partial charge is 0.289 e. The van der Waals surface area contributed by atoms with E-state index in [0.717, 1.165) is 18.4 Å². The van der Waals surface area contributed by atoms with Crippen LogP contribution in [0.2, 0.25) is 0 Å². The molecule has 5 heteroatoms. The van der Waals surface area contributed by atoms with E-state index in [9.17, 15) is 9.59 Å². The van der Waals surface area contributed by atoms with Gasteiger partial charge in [0.2, 0.25) is 5.91 Å². The first-order valence-electron chi connectivity index (χ1n) is 8.40. The van der Waals surface area contributed by atoms with E-state index in [-0.39, 0.29) is 23.7 Å². The third-order valence-electron chi connectivity index (χ3n) is 4.83. The molecule has 0 spiro atoms. The molecule has 1 aliphatic heterocycles. The Morgan fingerprint density at radius 2 is 1.83 bits per heavy atom. The predicted molar refractivity (Wildman–Crippen MR) is 88.4 cm³/mol. The number of nitrogens with zero attached hydrogens (tertiary/aromatic N) is 1.